The molecule has 1 aromatic carbocycles. The molecule has 2 rings (SSSR count). The van der Waals surface area contributed by atoms with Crippen LogP contribution in [0.15, 0.2) is 36.7 Å². The van der Waals surface area contributed by atoms with Gasteiger partial charge in [-0.3, -0.25) is 4.98 Å². The van der Waals surface area contributed by atoms with Crippen molar-refractivity contribution in [2.24, 2.45) is 0 Å². The van der Waals surface area contributed by atoms with E-state index < -0.39 is 0 Å². The second-order valence-corrected chi connectivity index (χ2v) is 4.40. The third kappa shape index (κ3) is 2.64. The molecule has 2 nitrogen and oxygen atoms in total. The van der Waals surface area contributed by atoms with Gasteiger partial charge in [0.05, 0.1) is 11.9 Å². The van der Waals surface area contributed by atoms with E-state index in [4.69, 9.17) is 0 Å². The summed E-state index contributed by atoms with van der Waals surface area (Å²) in [5.74, 6) is 0. The average molecular weight is 226 g/mol. The lowest BCUT2D eigenvalue weighted by Crippen LogP contribution is -2.03. The third-order valence-corrected chi connectivity index (χ3v) is 3.23. The largest absolute Gasteiger partial charge is 0.379 e. The highest BCUT2D eigenvalue weighted by molar-refractivity contribution is 5.49. The number of nitrogens with one attached hydrogen (secondary N) is 1. The Hall–Kier alpha value is -1.83. The lowest BCUT2D eigenvalue weighted by Gasteiger charge is -2.12. The van der Waals surface area contributed by atoms with E-state index in [0.717, 1.165) is 12.2 Å². The van der Waals surface area contributed by atoms with Gasteiger partial charge >= 0.3 is 0 Å². The van der Waals surface area contributed by atoms with E-state index in [2.05, 4.69) is 49.3 Å². The zero-order valence-corrected chi connectivity index (χ0v) is 10.6. The van der Waals surface area contributed by atoms with Crippen molar-refractivity contribution in [3.63, 3.8) is 0 Å². The van der Waals surface area contributed by atoms with Crippen LogP contribution < -0.4 is 5.32 Å². The molecule has 0 saturated carbocycles. The van der Waals surface area contributed by atoms with Crippen molar-refractivity contribution in [1.82, 2.24) is 4.98 Å². The van der Waals surface area contributed by atoms with Crippen molar-refractivity contribution in [3.05, 3.63) is 58.9 Å². The molecule has 0 spiro atoms. The van der Waals surface area contributed by atoms with Crippen molar-refractivity contribution < 1.29 is 0 Å². The minimum Gasteiger partial charge on any atom is -0.379 e. The predicted octanol–water partition coefficient (Wildman–Crippen LogP) is 3.62. The summed E-state index contributed by atoms with van der Waals surface area (Å²) in [5.41, 5.74) is 6.38. The van der Waals surface area contributed by atoms with Gasteiger partial charge in [-0.15, -0.1) is 0 Å². The van der Waals surface area contributed by atoms with E-state index >= 15 is 0 Å². The highest BCUT2D eigenvalue weighted by atomic mass is 14.9. The fraction of sp³-hybridized carbons (Fsp3) is 0.267. The maximum Gasteiger partial charge on any atom is 0.0559 e. The molecule has 0 atom stereocenters. The number of rotatable bonds is 3. The van der Waals surface area contributed by atoms with E-state index in [1.807, 2.05) is 18.5 Å². The van der Waals surface area contributed by atoms with E-state index in [0.29, 0.717) is 0 Å². The Labute approximate surface area is 103 Å². The molecule has 0 amide bonds. The van der Waals surface area contributed by atoms with Gasteiger partial charge in [-0.2, -0.15) is 0 Å². The van der Waals surface area contributed by atoms with Crippen LogP contribution in [0.3, 0.4) is 0 Å². The van der Waals surface area contributed by atoms with Crippen LogP contribution in [-0.4, -0.2) is 4.98 Å². The molecule has 17 heavy (non-hydrogen) atoms. The Kier molecular flexibility index (Phi) is 3.43. The average Bonchev–Trinajstić information content (AvgIpc) is 2.33. The quantitative estimate of drug-likeness (QED) is 0.864. The molecule has 0 unspecified atom stereocenters. The van der Waals surface area contributed by atoms with Crippen LogP contribution in [0.4, 0.5) is 5.69 Å². The summed E-state index contributed by atoms with van der Waals surface area (Å²) in [7, 11) is 0. The topological polar surface area (TPSA) is 24.9 Å². The zero-order valence-electron chi connectivity index (χ0n) is 10.6. The maximum atomic E-state index is 4.14. The highest BCUT2D eigenvalue weighted by Crippen LogP contribution is 2.16. The van der Waals surface area contributed by atoms with Crippen molar-refractivity contribution in [2.45, 2.75) is 27.3 Å². The first kappa shape index (κ1) is 11.6. The lowest BCUT2D eigenvalue weighted by molar-refractivity contribution is 1.09. The SMILES string of the molecule is Cc1ccncc1NCc1cccc(C)c1C. The Morgan fingerprint density at radius 3 is 2.65 bits per heavy atom. The molecular formula is C15H18N2. The minimum absolute atomic E-state index is 0.847. The van der Waals surface area contributed by atoms with Gasteiger partial charge in [0.25, 0.3) is 0 Å². The molecular weight excluding hydrogens is 208 g/mol. The van der Waals surface area contributed by atoms with Crippen LogP contribution in [0.5, 0.6) is 0 Å². The van der Waals surface area contributed by atoms with Crippen LogP contribution >= 0.6 is 0 Å². The molecule has 0 aliphatic rings. The Bertz CT molecular complexity index is 518. The monoisotopic (exact) mass is 226 g/mol. The Morgan fingerprint density at radius 2 is 1.88 bits per heavy atom. The number of aryl methyl sites for hydroxylation is 2. The first-order chi connectivity index (χ1) is 8.18. The van der Waals surface area contributed by atoms with Gasteiger partial charge in [0.1, 0.15) is 0 Å². The number of anilines is 1. The first-order valence-corrected chi connectivity index (χ1v) is 5.88. The molecule has 1 heterocycles. The molecule has 0 bridgehead atoms. The van der Waals surface area contributed by atoms with Crippen molar-refractivity contribution in [2.75, 3.05) is 5.32 Å². The Balaban J connectivity index is 2.13. The first-order valence-electron chi connectivity index (χ1n) is 5.88. The Morgan fingerprint density at radius 1 is 1.06 bits per heavy atom. The summed E-state index contributed by atoms with van der Waals surface area (Å²) < 4.78 is 0. The molecule has 0 radical (unpaired) electrons. The van der Waals surface area contributed by atoms with Crippen molar-refractivity contribution in [3.8, 4) is 0 Å². The molecule has 2 heteroatoms. The standard InChI is InChI=1S/C15H18N2/c1-11-5-4-6-14(13(11)3)9-17-15-10-16-8-7-12(15)2/h4-8,10,17H,9H2,1-3H3. The van der Waals surface area contributed by atoms with Crippen LogP contribution in [0.1, 0.15) is 22.3 Å². The van der Waals surface area contributed by atoms with E-state index in [-0.39, 0.29) is 0 Å². The third-order valence-electron chi connectivity index (χ3n) is 3.23. The van der Waals surface area contributed by atoms with Crippen LogP contribution in [-0.2, 0) is 6.54 Å². The van der Waals surface area contributed by atoms with Gasteiger partial charge in [0, 0.05) is 12.7 Å². The number of aromatic nitrogens is 1. The second-order valence-electron chi connectivity index (χ2n) is 4.40. The predicted molar refractivity (Wildman–Crippen MR) is 72.2 cm³/mol. The number of pyridine rings is 1. The number of hydrogen-bond acceptors (Lipinski definition) is 2. The van der Waals surface area contributed by atoms with Crippen LogP contribution in [0, 0.1) is 20.8 Å². The molecule has 0 aliphatic carbocycles. The summed E-state index contributed by atoms with van der Waals surface area (Å²) in [6.07, 6.45) is 3.69. The van der Waals surface area contributed by atoms with E-state index in [9.17, 15) is 0 Å². The molecule has 0 aliphatic heterocycles. The highest BCUT2D eigenvalue weighted by Gasteiger charge is 2.01. The molecule has 0 saturated heterocycles. The number of hydrogen-bond donors (Lipinski definition) is 1. The van der Waals surface area contributed by atoms with Gasteiger partial charge in [-0.25, -0.2) is 0 Å². The fourth-order valence-corrected chi connectivity index (χ4v) is 1.84. The van der Waals surface area contributed by atoms with Crippen LogP contribution in [0.2, 0.25) is 0 Å². The lowest BCUT2D eigenvalue weighted by atomic mass is 10.0. The summed E-state index contributed by atoms with van der Waals surface area (Å²) >= 11 is 0. The molecule has 1 N–H and O–H groups in total. The number of nitrogens with zero attached hydrogens (tertiary/aromatic N) is 1. The summed E-state index contributed by atoms with van der Waals surface area (Å²) in [4.78, 5) is 4.14. The fourth-order valence-electron chi connectivity index (χ4n) is 1.84. The van der Waals surface area contributed by atoms with E-state index in [1.165, 1.54) is 22.3 Å². The summed E-state index contributed by atoms with van der Waals surface area (Å²) in [5, 5.41) is 3.43. The van der Waals surface area contributed by atoms with Crippen molar-refractivity contribution in [1.29, 1.82) is 0 Å². The molecule has 1 aromatic heterocycles. The van der Waals surface area contributed by atoms with E-state index in [1.54, 1.807) is 0 Å². The van der Waals surface area contributed by atoms with Crippen molar-refractivity contribution >= 4 is 5.69 Å². The maximum absolute atomic E-state index is 4.14. The minimum atomic E-state index is 0.847. The van der Waals surface area contributed by atoms with Crippen LogP contribution in [0.25, 0.3) is 0 Å². The smallest absolute Gasteiger partial charge is 0.0559 e. The summed E-state index contributed by atoms with van der Waals surface area (Å²) in [6, 6.07) is 8.44. The normalized spacial score (nSPS) is 10.3. The molecule has 0 fully saturated rings. The van der Waals surface area contributed by atoms with Gasteiger partial charge in [-0.1, -0.05) is 18.2 Å². The van der Waals surface area contributed by atoms with Gasteiger partial charge in [0.2, 0.25) is 0 Å². The second kappa shape index (κ2) is 5.00. The molecule has 2 aromatic rings. The van der Waals surface area contributed by atoms with Gasteiger partial charge in [0.15, 0.2) is 0 Å². The summed E-state index contributed by atoms with van der Waals surface area (Å²) in [6.45, 7) is 7.25. The zero-order chi connectivity index (χ0) is 12.3. The van der Waals surface area contributed by atoms with Gasteiger partial charge in [-0.05, 0) is 49.1 Å². The van der Waals surface area contributed by atoms with Gasteiger partial charge < -0.3 is 5.32 Å². The number of benzene rings is 1. The molecule has 88 valence electrons.